The maximum absolute atomic E-state index is 12.2. The average molecular weight is 355 g/mol. The minimum atomic E-state index is -0.925. The second kappa shape index (κ2) is 7.30. The molecule has 0 aliphatic carbocycles. The molecule has 23 heavy (non-hydrogen) atoms. The van der Waals surface area contributed by atoms with Gasteiger partial charge in [0.1, 0.15) is 16.5 Å². The lowest BCUT2D eigenvalue weighted by molar-refractivity contribution is -0.383. The van der Waals surface area contributed by atoms with Crippen molar-refractivity contribution >= 4 is 40.5 Å². The van der Waals surface area contributed by atoms with Gasteiger partial charge in [-0.15, -0.1) is 0 Å². The van der Waals surface area contributed by atoms with Crippen LogP contribution in [0.2, 0.25) is 10.0 Å². The van der Waals surface area contributed by atoms with Crippen molar-refractivity contribution in [1.29, 1.82) is 0 Å². The van der Waals surface area contributed by atoms with Gasteiger partial charge in [0.05, 0.1) is 9.95 Å². The monoisotopic (exact) mass is 354 g/mol. The van der Waals surface area contributed by atoms with Crippen LogP contribution in [0.5, 0.6) is 5.75 Å². The van der Waals surface area contributed by atoms with Crippen LogP contribution in [0, 0.1) is 10.1 Å². The van der Waals surface area contributed by atoms with Crippen molar-refractivity contribution in [2.45, 2.75) is 13.0 Å². The van der Waals surface area contributed by atoms with Crippen molar-refractivity contribution in [3.8, 4) is 5.75 Å². The fourth-order valence-electron chi connectivity index (χ4n) is 1.79. The molecule has 0 heterocycles. The Hall–Kier alpha value is -2.31. The molecule has 2 rings (SSSR count). The Bertz CT molecular complexity index is 752. The van der Waals surface area contributed by atoms with Crippen LogP contribution in [0.15, 0.2) is 42.5 Å². The van der Waals surface area contributed by atoms with Crippen LogP contribution in [0.3, 0.4) is 0 Å². The van der Waals surface area contributed by atoms with Crippen LogP contribution >= 0.6 is 23.2 Å². The largest absolute Gasteiger partial charge is 0.479 e. The van der Waals surface area contributed by atoms with Crippen LogP contribution in [-0.2, 0) is 4.79 Å². The zero-order valence-electron chi connectivity index (χ0n) is 12.0. The summed E-state index contributed by atoms with van der Waals surface area (Å²) in [6, 6.07) is 10.6. The Morgan fingerprint density at radius 2 is 1.91 bits per heavy atom. The normalized spacial score (nSPS) is 11.6. The van der Waals surface area contributed by atoms with E-state index in [4.69, 9.17) is 27.9 Å². The summed E-state index contributed by atoms with van der Waals surface area (Å²) in [6.07, 6.45) is -0.925. The molecule has 2 aromatic carbocycles. The molecule has 0 saturated heterocycles. The number of halogens is 2. The first-order valence-corrected chi connectivity index (χ1v) is 7.30. The van der Waals surface area contributed by atoms with E-state index in [-0.39, 0.29) is 22.1 Å². The third-order valence-corrected chi connectivity index (χ3v) is 3.75. The highest BCUT2D eigenvalue weighted by molar-refractivity contribution is 6.42. The molecular weight excluding hydrogens is 343 g/mol. The first-order chi connectivity index (χ1) is 10.9. The van der Waals surface area contributed by atoms with Crippen LogP contribution in [0.25, 0.3) is 0 Å². The van der Waals surface area contributed by atoms with Crippen LogP contribution in [0.1, 0.15) is 6.92 Å². The molecule has 0 radical (unpaired) electrons. The molecule has 0 aliphatic rings. The van der Waals surface area contributed by atoms with Crippen molar-refractivity contribution in [2.75, 3.05) is 5.32 Å². The molecule has 120 valence electrons. The molecule has 0 fully saturated rings. The Labute approximate surface area is 142 Å². The zero-order valence-corrected chi connectivity index (χ0v) is 13.5. The number of nitro groups is 1. The second-order valence-corrected chi connectivity index (χ2v) is 5.36. The van der Waals surface area contributed by atoms with Gasteiger partial charge >= 0.3 is 0 Å². The topological polar surface area (TPSA) is 81.5 Å². The number of benzene rings is 2. The average Bonchev–Trinajstić information content (AvgIpc) is 2.52. The fourth-order valence-corrected chi connectivity index (χ4v) is 2.13. The number of hydrogen-bond acceptors (Lipinski definition) is 4. The molecule has 2 aromatic rings. The summed E-state index contributed by atoms with van der Waals surface area (Å²) >= 11 is 11.9. The fraction of sp³-hybridized carbons (Fsp3) is 0.133. The molecule has 0 saturated carbocycles. The van der Waals surface area contributed by atoms with Gasteiger partial charge in [-0.3, -0.25) is 14.9 Å². The van der Waals surface area contributed by atoms with E-state index in [0.717, 1.165) is 0 Å². The summed E-state index contributed by atoms with van der Waals surface area (Å²) in [7, 11) is 0. The summed E-state index contributed by atoms with van der Waals surface area (Å²) in [4.78, 5) is 22.5. The lowest BCUT2D eigenvalue weighted by Crippen LogP contribution is -2.30. The van der Waals surface area contributed by atoms with Gasteiger partial charge in [0.15, 0.2) is 6.10 Å². The summed E-state index contributed by atoms with van der Waals surface area (Å²) in [6.45, 7) is 1.50. The Kier molecular flexibility index (Phi) is 5.41. The van der Waals surface area contributed by atoms with Crippen LogP contribution in [0.4, 0.5) is 11.4 Å². The number of amides is 1. The lowest BCUT2D eigenvalue weighted by Gasteiger charge is -2.16. The zero-order chi connectivity index (χ0) is 17.0. The third kappa shape index (κ3) is 4.12. The number of hydrogen-bond donors (Lipinski definition) is 1. The molecule has 1 atom stereocenters. The SMILES string of the molecule is C[C@H](Oc1cccc(Cl)c1Cl)C(=O)Nc1ccccc1[N+](=O)[O-]. The molecule has 6 nitrogen and oxygen atoms in total. The standard InChI is InChI=1S/C15H12Cl2N2O4/c1-9(23-13-8-4-5-10(16)14(13)17)15(20)18-11-6-2-3-7-12(11)19(21)22/h2-9H,1H3,(H,18,20)/t9-/m0/s1. The van der Waals surface area contributed by atoms with Gasteiger partial charge in [-0.25, -0.2) is 0 Å². The maximum Gasteiger partial charge on any atom is 0.292 e. The van der Waals surface area contributed by atoms with E-state index in [1.54, 1.807) is 24.3 Å². The number of nitrogens with zero attached hydrogens (tertiary/aromatic N) is 1. The Morgan fingerprint density at radius 3 is 2.61 bits per heavy atom. The second-order valence-electron chi connectivity index (χ2n) is 4.58. The molecular formula is C15H12Cl2N2O4. The van der Waals surface area contributed by atoms with E-state index in [0.29, 0.717) is 5.02 Å². The minimum Gasteiger partial charge on any atom is -0.479 e. The number of ether oxygens (including phenoxy) is 1. The molecule has 1 amide bonds. The van der Waals surface area contributed by atoms with Crippen molar-refractivity contribution in [3.63, 3.8) is 0 Å². The van der Waals surface area contributed by atoms with Crippen LogP contribution in [-0.4, -0.2) is 16.9 Å². The summed E-state index contributed by atoms with van der Waals surface area (Å²) in [5.74, 6) is -0.292. The predicted octanol–water partition coefficient (Wildman–Crippen LogP) is 4.31. The van der Waals surface area contributed by atoms with Crippen molar-refractivity contribution in [3.05, 3.63) is 62.6 Å². The maximum atomic E-state index is 12.2. The van der Waals surface area contributed by atoms with Gasteiger partial charge < -0.3 is 10.1 Å². The molecule has 0 aliphatic heterocycles. The van der Waals surface area contributed by atoms with E-state index in [2.05, 4.69) is 5.32 Å². The highest BCUT2D eigenvalue weighted by Gasteiger charge is 2.20. The molecule has 0 aromatic heterocycles. The van der Waals surface area contributed by atoms with Crippen molar-refractivity contribution in [2.24, 2.45) is 0 Å². The molecule has 8 heteroatoms. The van der Waals surface area contributed by atoms with Gasteiger partial charge in [0.25, 0.3) is 11.6 Å². The van der Waals surface area contributed by atoms with Crippen molar-refractivity contribution < 1.29 is 14.5 Å². The van der Waals surface area contributed by atoms with Crippen LogP contribution < -0.4 is 10.1 Å². The molecule has 0 bridgehead atoms. The number of nitro benzene ring substituents is 1. The van der Waals surface area contributed by atoms with Crippen molar-refractivity contribution in [1.82, 2.24) is 0 Å². The highest BCUT2D eigenvalue weighted by Crippen LogP contribution is 2.32. The van der Waals surface area contributed by atoms with Gasteiger partial charge in [0.2, 0.25) is 0 Å². The first kappa shape index (κ1) is 17.1. The Morgan fingerprint density at radius 1 is 1.22 bits per heavy atom. The van der Waals surface area contributed by atoms with E-state index >= 15 is 0 Å². The number of nitrogens with one attached hydrogen (secondary N) is 1. The number of para-hydroxylation sites is 2. The molecule has 1 N–H and O–H groups in total. The molecule has 0 spiro atoms. The highest BCUT2D eigenvalue weighted by atomic mass is 35.5. The summed E-state index contributed by atoms with van der Waals surface area (Å²) in [5.41, 5.74) is -0.107. The number of carbonyl (C=O) groups excluding carboxylic acids is 1. The first-order valence-electron chi connectivity index (χ1n) is 6.55. The summed E-state index contributed by atoms with van der Waals surface area (Å²) < 4.78 is 5.46. The quantitative estimate of drug-likeness (QED) is 0.640. The van der Waals surface area contributed by atoms with Gasteiger partial charge in [-0.1, -0.05) is 41.4 Å². The van der Waals surface area contributed by atoms with Gasteiger partial charge in [-0.2, -0.15) is 0 Å². The van der Waals surface area contributed by atoms with E-state index in [1.807, 2.05) is 0 Å². The third-order valence-electron chi connectivity index (χ3n) is 2.95. The van der Waals surface area contributed by atoms with Gasteiger partial charge in [-0.05, 0) is 25.1 Å². The number of rotatable bonds is 5. The van der Waals surface area contributed by atoms with E-state index in [1.165, 1.54) is 25.1 Å². The smallest absolute Gasteiger partial charge is 0.292 e. The minimum absolute atomic E-state index is 0.0927. The van der Waals surface area contributed by atoms with E-state index < -0.39 is 16.9 Å². The van der Waals surface area contributed by atoms with E-state index in [9.17, 15) is 14.9 Å². The number of anilines is 1. The molecule has 0 unspecified atom stereocenters. The summed E-state index contributed by atoms with van der Waals surface area (Å²) in [5, 5.41) is 13.9. The van der Waals surface area contributed by atoms with Gasteiger partial charge in [0, 0.05) is 6.07 Å². The number of carbonyl (C=O) groups is 1. The lowest BCUT2D eigenvalue weighted by atomic mass is 10.2. The Balaban J connectivity index is 2.12. The predicted molar refractivity (Wildman–Crippen MR) is 88.3 cm³/mol.